The first-order chi connectivity index (χ1) is 8.15. The summed E-state index contributed by atoms with van der Waals surface area (Å²) in [7, 11) is 3.27. The van der Waals surface area contributed by atoms with Crippen molar-refractivity contribution in [2.24, 2.45) is 4.99 Å². The molecule has 0 amide bonds. The number of ether oxygens (including phenoxy) is 2. The third kappa shape index (κ3) is 2.39. The number of halogens is 1. The first-order valence-electron chi connectivity index (χ1n) is 5.38. The van der Waals surface area contributed by atoms with E-state index in [4.69, 9.17) is 9.47 Å². The van der Waals surface area contributed by atoms with Gasteiger partial charge < -0.3 is 14.8 Å². The first-order valence-corrected chi connectivity index (χ1v) is 6.18. The van der Waals surface area contributed by atoms with Crippen molar-refractivity contribution in [2.45, 2.75) is 13.0 Å². The van der Waals surface area contributed by atoms with Crippen molar-refractivity contribution in [1.82, 2.24) is 5.32 Å². The van der Waals surface area contributed by atoms with Crippen molar-refractivity contribution < 1.29 is 9.47 Å². The molecule has 0 aromatic heterocycles. The van der Waals surface area contributed by atoms with Gasteiger partial charge >= 0.3 is 0 Å². The Kier molecular flexibility index (Phi) is 3.57. The molecule has 4 nitrogen and oxygen atoms in total. The van der Waals surface area contributed by atoms with Crippen LogP contribution in [0.25, 0.3) is 0 Å². The van der Waals surface area contributed by atoms with Gasteiger partial charge in [-0.3, -0.25) is 4.99 Å². The number of nitrogens with zero attached hydrogens (tertiary/aromatic N) is 1. The molecule has 1 atom stereocenters. The zero-order valence-corrected chi connectivity index (χ0v) is 11.7. The van der Waals surface area contributed by atoms with Gasteiger partial charge in [0.25, 0.3) is 0 Å². The molecule has 1 unspecified atom stereocenters. The van der Waals surface area contributed by atoms with Crippen LogP contribution in [0.1, 0.15) is 12.5 Å². The topological polar surface area (TPSA) is 42.8 Å². The molecule has 0 spiro atoms. The number of hydrogen-bond acceptors (Lipinski definition) is 4. The Hall–Kier alpha value is -1.23. The average molecular weight is 299 g/mol. The molecule has 1 aromatic rings. The van der Waals surface area contributed by atoms with E-state index in [2.05, 4.69) is 33.2 Å². The fraction of sp³-hybridized carbons (Fsp3) is 0.417. The van der Waals surface area contributed by atoms with E-state index in [0.717, 1.165) is 33.9 Å². The van der Waals surface area contributed by atoms with E-state index < -0.39 is 0 Å². The molecule has 0 bridgehead atoms. The van der Waals surface area contributed by atoms with Crippen molar-refractivity contribution >= 4 is 21.8 Å². The van der Waals surface area contributed by atoms with E-state index in [1.807, 2.05) is 12.1 Å². The SMILES string of the molecule is COc1cc(C2=NCC(C)N2)cc(OC)c1Br. The minimum absolute atomic E-state index is 0.380. The van der Waals surface area contributed by atoms with Crippen LogP contribution in [-0.4, -0.2) is 32.6 Å². The number of rotatable bonds is 3. The number of aliphatic imine (C=N–C) groups is 1. The third-order valence-corrected chi connectivity index (χ3v) is 3.41. The lowest BCUT2D eigenvalue weighted by atomic mass is 10.2. The lowest BCUT2D eigenvalue weighted by Gasteiger charge is -2.12. The van der Waals surface area contributed by atoms with Crippen LogP contribution in [0.4, 0.5) is 0 Å². The van der Waals surface area contributed by atoms with Gasteiger partial charge in [-0.25, -0.2) is 0 Å². The summed E-state index contributed by atoms with van der Waals surface area (Å²) in [6.07, 6.45) is 0. The van der Waals surface area contributed by atoms with E-state index in [0.29, 0.717) is 6.04 Å². The molecular weight excluding hydrogens is 284 g/mol. The van der Waals surface area contributed by atoms with Gasteiger partial charge in [-0.2, -0.15) is 0 Å². The molecule has 17 heavy (non-hydrogen) atoms. The van der Waals surface area contributed by atoms with Crippen molar-refractivity contribution in [3.05, 3.63) is 22.2 Å². The molecule has 0 radical (unpaired) electrons. The van der Waals surface area contributed by atoms with Crippen LogP contribution in [0.5, 0.6) is 11.5 Å². The fourth-order valence-corrected chi connectivity index (χ4v) is 2.29. The molecule has 1 aliphatic rings. The van der Waals surface area contributed by atoms with Gasteiger partial charge in [-0.15, -0.1) is 0 Å². The first kappa shape index (κ1) is 12.2. The summed E-state index contributed by atoms with van der Waals surface area (Å²) < 4.78 is 11.4. The molecule has 1 heterocycles. The summed E-state index contributed by atoms with van der Waals surface area (Å²) in [5.74, 6) is 2.37. The molecule has 1 aromatic carbocycles. The lowest BCUT2D eigenvalue weighted by Crippen LogP contribution is -2.27. The highest BCUT2D eigenvalue weighted by Gasteiger charge is 2.18. The number of hydrogen-bond donors (Lipinski definition) is 1. The highest BCUT2D eigenvalue weighted by molar-refractivity contribution is 9.10. The van der Waals surface area contributed by atoms with Gasteiger partial charge in [0.05, 0.1) is 20.8 Å². The predicted molar refractivity (Wildman–Crippen MR) is 71.2 cm³/mol. The van der Waals surface area contributed by atoms with Crippen LogP contribution in [-0.2, 0) is 0 Å². The Balaban J connectivity index is 2.41. The van der Waals surface area contributed by atoms with Crippen LogP contribution in [0, 0.1) is 0 Å². The normalized spacial score (nSPS) is 18.6. The number of benzene rings is 1. The largest absolute Gasteiger partial charge is 0.495 e. The Bertz CT molecular complexity index is 435. The van der Waals surface area contributed by atoms with Crippen LogP contribution in [0.3, 0.4) is 0 Å². The smallest absolute Gasteiger partial charge is 0.137 e. The van der Waals surface area contributed by atoms with Crippen molar-refractivity contribution in [2.75, 3.05) is 20.8 Å². The third-order valence-electron chi connectivity index (χ3n) is 2.63. The second-order valence-corrected chi connectivity index (χ2v) is 4.72. The molecule has 0 fully saturated rings. The summed E-state index contributed by atoms with van der Waals surface area (Å²) in [6, 6.07) is 4.26. The Morgan fingerprint density at radius 3 is 2.29 bits per heavy atom. The van der Waals surface area contributed by atoms with Gasteiger partial charge in [-0.1, -0.05) is 0 Å². The average Bonchev–Trinajstić information content (AvgIpc) is 2.76. The van der Waals surface area contributed by atoms with Crippen LogP contribution in [0.15, 0.2) is 21.6 Å². The molecule has 0 aliphatic carbocycles. The van der Waals surface area contributed by atoms with E-state index in [1.165, 1.54) is 0 Å². The predicted octanol–water partition coefficient (Wildman–Crippen LogP) is 2.20. The zero-order valence-electron chi connectivity index (χ0n) is 10.1. The van der Waals surface area contributed by atoms with Crippen LogP contribution < -0.4 is 14.8 Å². The van der Waals surface area contributed by atoms with Gasteiger partial charge in [0, 0.05) is 11.6 Å². The maximum Gasteiger partial charge on any atom is 0.137 e. The maximum atomic E-state index is 5.30. The summed E-state index contributed by atoms with van der Waals surface area (Å²) in [5, 5.41) is 3.32. The van der Waals surface area contributed by atoms with Crippen LogP contribution >= 0.6 is 15.9 Å². The minimum Gasteiger partial charge on any atom is -0.495 e. The number of methoxy groups -OCH3 is 2. The molecule has 92 valence electrons. The molecule has 1 aliphatic heterocycles. The van der Waals surface area contributed by atoms with Gasteiger partial charge in [-0.05, 0) is 35.0 Å². The highest BCUT2D eigenvalue weighted by Crippen LogP contribution is 2.35. The van der Waals surface area contributed by atoms with Crippen LogP contribution in [0.2, 0.25) is 0 Å². The van der Waals surface area contributed by atoms with E-state index >= 15 is 0 Å². The summed E-state index contributed by atoms with van der Waals surface area (Å²) in [4.78, 5) is 4.45. The highest BCUT2D eigenvalue weighted by atomic mass is 79.9. The summed E-state index contributed by atoms with van der Waals surface area (Å²) in [6.45, 7) is 2.90. The molecule has 2 rings (SSSR count). The molecule has 0 saturated carbocycles. The Morgan fingerprint density at radius 2 is 1.88 bits per heavy atom. The monoisotopic (exact) mass is 298 g/mol. The summed E-state index contributed by atoms with van der Waals surface area (Å²) in [5.41, 5.74) is 0.978. The van der Waals surface area contributed by atoms with Gasteiger partial charge in [0.15, 0.2) is 0 Å². The maximum absolute atomic E-state index is 5.30. The number of amidine groups is 1. The second kappa shape index (κ2) is 4.96. The minimum atomic E-state index is 0.380. The Morgan fingerprint density at radius 1 is 1.29 bits per heavy atom. The fourth-order valence-electron chi connectivity index (χ4n) is 1.73. The molecular formula is C12H15BrN2O2. The zero-order chi connectivity index (χ0) is 12.4. The van der Waals surface area contributed by atoms with E-state index in [9.17, 15) is 0 Å². The molecule has 0 saturated heterocycles. The summed E-state index contributed by atoms with van der Waals surface area (Å²) >= 11 is 3.45. The quantitative estimate of drug-likeness (QED) is 0.930. The van der Waals surface area contributed by atoms with Gasteiger partial charge in [0.2, 0.25) is 0 Å². The van der Waals surface area contributed by atoms with Crippen molar-refractivity contribution in [1.29, 1.82) is 0 Å². The standard InChI is InChI=1S/C12H15BrN2O2/c1-7-6-14-12(15-7)8-4-9(16-2)11(13)10(5-8)17-3/h4-5,7H,6H2,1-3H3,(H,14,15). The number of nitrogens with one attached hydrogen (secondary N) is 1. The van der Waals surface area contributed by atoms with E-state index in [-0.39, 0.29) is 0 Å². The van der Waals surface area contributed by atoms with Crippen molar-refractivity contribution in [3.63, 3.8) is 0 Å². The van der Waals surface area contributed by atoms with Gasteiger partial charge in [0.1, 0.15) is 21.8 Å². The van der Waals surface area contributed by atoms with E-state index in [1.54, 1.807) is 14.2 Å². The molecule has 1 N–H and O–H groups in total. The van der Waals surface area contributed by atoms with Crippen molar-refractivity contribution in [3.8, 4) is 11.5 Å². The lowest BCUT2D eigenvalue weighted by molar-refractivity contribution is 0.389. The second-order valence-electron chi connectivity index (χ2n) is 3.93. The Labute approximate surface area is 109 Å². The molecule has 5 heteroatoms.